The number of benzene rings is 4. The molecule has 2 aliphatic heterocycles. The van der Waals surface area contributed by atoms with Gasteiger partial charge >= 0.3 is 0 Å². The van der Waals surface area contributed by atoms with E-state index in [1.165, 1.54) is 0 Å². The minimum Gasteiger partial charge on any atom is -0.394 e. The fourth-order valence-electron chi connectivity index (χ4n) is 6.47. The summed E-state index contributed by atoms with van der Waals surface area (Å²) in [5, 5.41) is 25.0. The predicted molar refractivity (Wildman–Crippen MR) is 185 cm³/mol. The molecule has 9 heteroatoms. The summed E-state index contributed by atoms with van der Waals surface area (Å²) in [4.78, 5) is 43.4. The zero-order valence-electron chi connectivity index (χ0n) is 26.0. The highest BCUT2D eigenvalue weighted by atomic mass is 79.9. The van der Waals surface area contributed by atoms with Gasteiger partial charge in [-0.15, -0.1) is 0 Å². The lowest BCUT2D eigenvalue weighted by molar-refractivity contribution is -0.139. The van der Waals surface area contributed by atoms with Gasteiger partial charge in [0.2, 0.25) is 5.91 Å². The smallest absolute Gasteiger partial charge is 0.264 e. The number of anilines is 2. The van der Waals surface area contributed by atoms with Crippen LogP contribution in [0.1, 0.15) is 46.0 Å². The molecule has 0 aromatic heterocycles. The zero-order valence-corrected chi connectivity index (χ0v) is 27.6. The molecule has 0 saturated carbocycles. The molecule has 4 aromatic carbocycles. The highest BCUT2D eigenvalue weighted by Gasteiger charge is 2.52. The van der Waals surface area contributed by atoms with Gasteiger partial charge in [0.25, 0.3) is 11.8 Å². The lowest BCUT2D eigenvalue weighted by Gasteiger charge is -2.36. The second-order valence-corrected chi connectivity index (χ2v) is 13.0. The van der Waals surface area contributed by atoms with Gasteiger partial charge in [0.1, 0.15) is 0 Å². The van der Waals surface area contributed by atoms with Gasteiger partial charge in [-0.05, 0) is 65.6 Å². The summed E-state index contributed by atoms with van der Waals surface area (Å²) in [6, 6.07) is 29.3. The van der Waals surface area contributed by atoms with Gasteiger partial charge in [-0.25, -0.2) is 0 Å². The second-order valence-electron chi connectivity index (χ2n) is 12.1. The molecule has 0 spiro atoms. The molecular weight excluding hydrogens is 658 g/mol. The van der Waals surface area contributed by atoms with Crippen LogP contribution in [0.25, 0.3) is 0 Å². The van der Waals surface area contributed by atoms with Crippen LogP contribution in [0.2, 0.25) is 0 Å². The Labute approximate surface area is 282 Å². The number of hydrogen-bond donors (Lipinski definition) is 3. The summed E-state index contributed by atoms with van der Waals surface area (Å²) in [6.45, 7) is 2.25. The number of rotatable bonds is 9. The van der Waals surface area contributed by atoms with E-state index in [4.69, 9.17) is 0 Å². The average molecular weight is 695 g/mol. The van der Waals surface area contributed by atoms with Crippen molar-refractivity contribution in [1.82, 2.24) is 4.90 Å². The summed E-state index contributed by atoms with van der Waals surface area (Å²) in [7, 11) is 0. The van der Waals surface area contributed by atoms with Crippen LogP contribution in [-0.2, 0) is 34.7 Å². The van der Waals surface area contributed by atoms with E-state index in [0.29, 0.717) is 35.5 Å². The molecular formula is C38H36BrN3O5. The van der Waals surface area contributed by atoms with Crippen molar-refractivity contribution in [2.75, 3.05) is 16.8 Å². The van der Waals surface area contributed by atoms with Crippen molar-refractivity contribution in [3.63, 3.8) is 0 Å². The third-order valence-electron chi connectivity index (χ3n) is 9.06. The molecule has 3 atom stereocenters. The number of aliphatic hydroxyl groups is 2. The van der Waals surface area contributed by atoms with Crippen LogP contribution in [0.5, 0.6) is 0 Å². The van der Waals surface area contributed by atoms with Crippen LogP contribution in [0.15, 0.2) is 114 Å². The number of amides is 3. The standard InChI is InChI=1S/C38H36BrN3O5/c1-25(9-7-16-35(44)41-23-29-14-6-5-13-28(29)20-32(41)24-43)38(47)33-21-30(39)17-18-34(33)42(37(38)46)22-26-10-8-15-31(19-26)40-36(45)27-11-3-2-4-12-27/h2-15,17-19,21,25,32,43,47H,16,20,22-24H2,1H3,(H,40,45)/b9-7+/t25-,32-,38+/m0/s1. The van der Waals surface area contributed by atoms with Crippen LogP contribution >= 0.6 is 15.9 Å². The highest BCUT2D eigenvalue weighted by molar-refractivity contribution is 9.10. The molecule has 3 N–H and O–H groups in total. The fraction of sp³-hybridized carbons (Fsp3) is 0.237. The first-order chi connectivity index (χ1) is 22.7. The highest BCUT2D eigenvalue weighted by Crippen LogP contribution is 2.47. The topological polar surface area (TPSA) is 110 Å². The summed E-state index contributed by atoms with van der Waals surface area (Å²) in [5.41, 5.74) is 3.31. The van der Waals surface area contributed by atoms with E-state index >= 15 is 0 Å². The van der Waals surface area contributed by atoms with E-state index < -0.39 is 17.4 Å². The Balaban J connectivity index is 1.18. The normalized spacial score (nSPS) is 19.4. The number of aliphatic hydroxyl groups excluding tert-OH is 1. The maximum Gasteiger partial charge on any atom is 0.264 e. The number of carbonyl (C=O) groups excluding carboxylic acids is 3. The fourth-order valence-corrected chi connectivity index (χ4v) is 6.83. The van der Waals surface area contributed by atoms with Gasteiger partial charge in [-0.3, -0.25) is 14.4 Å². The average Bonchev–Trinajstić information content (AvgIpc) is 3.29. The van der Waals surface area contributed by atoms with Crippen molar-refractivity contribution in [3.8, 4) is 0 Å². The molecule has 0 saturated heterocycles. The Hall–Kier alpha value is -4.57. The quantitative estimate of drug-likeness (QED) is 0.187. The molecule has 0 unspecified atom stereocenters. The van der Waals surface area contributed by atoms with Gasteiger partial charge in [0.05, 0.1) is 24.9 Å². The molecule has 6 rings (SSSR count). The number of fused-ring (bicyclic) bond motifs is 2. The van der Waals surface area contributed by atoms with E-state index in [2.05, 4.69) is 21.2 Å². The largest absolute Gasteiger partial charge is 0.394 e. The Morgan fingerprint density at radius 2 is 1.74 bits per heavy atom. The van der Waals surface area contributed by atoms with Gasteiger partial charge < -0.3 is 25.3 Å². The number of hydrogen-bond acceptors (Lipinski definition) is 5. The third kappa shape index (κ3) is 6.52. The van der Waals surface area contributed by atoms with E-state index in [1.807, 2.05) is 54.6 Å². The minimum atomic E-state index is -1.87. The SMILES string of the molecule is C[C@@H](/C=C/CC(=O)N1Cc2ccccc2C[C@H]1CO)[C@]1(O)C(=O)N(Cc2cccc(NC(=O)c3ccccc3)c2)c2ccc(Br)cc21. The van der Waals surface area contributed by atoms with E-state index in [0.717, 1.165) is 21.2 Å². The molecule has 240 valence electrons. The number of halogens is 1. The van der Waals surface area contributed by atoms with Crippen molar-refractivity contribution >= 4 is 45.0 Å². The second kappa shape index (κ2) is 13.7. The van der Waals surface area contributed by atoms with Crippen molar-refractivity contribution in [2.45, 2.75) is 44.5 Å². The summed E-state index contributed by atoms with van der Waals surface area (Å²) < 4.78 is 0.724. The van der Waals surface area contributed by atoms with Crippen LogP contribution in [0, 0.1) is 5.92 Å². The van der Waals surface area contributed by atoms with Crippen molar-refractivity contribution < 1.29 is 24.6 Å². The van der Waals surface area contributed by atoms with E-state index in [1.54, 1.807) is 71.3 Å². The Morgan fingerprint density at radius 3 is 2.51 bits per heavy atom. The summed E-state index contributed by atoms with van der Waals surface area (Å²) in [6.07, 6.45) is 4.09. The van der Waals surface area contributed by atoms with Crippen molar-refractivity contribution in [3.05, 3.63) is 142 Å². The molecule has 0 aliphatic carbocycles. The van der Waals surface area contributed by atoms with Crippen LogP contribution in [-0.4, -0.2) is 45.5 Å². The first-order valence-corrected chi connectivity index (χ1v) is 16.4. The maximum absolute atomic E-state index is 14.1. The number of nitrogens with one attached hydrogen (secondary N) is 1. The van der Waals surface area contributed by atoms with Gasteiger partial charge in [0.15, 0.2) is 5.60 Å². The summed E-state index contributed by atoms with van der Waals surface area (Å²) >= 11 is 3.49. The monoisotopic (exact) mass is 693 g/mol. The van der Waals surface area contributed by atoms with E-state index in [-0.39, 0.29) is 37.4 Å². The van der Waals surface area contributed by atoms with E-state index in [9.17, 15) is 24.6 Å². The maximum atomic E-state index is 14.1. The zero-order chi connectivity index (χ0) is 33.1. The molecule has 8 nitrogen and oxygen atoms in total. The van der Waals surface area contributed by atoms with Crippen molar-refractivity contribution in [2.24, 2.45) is 5.92 Å². The molecule has 0 bridgehead atoms. The van der Waals surface area contributed by atoms with Crippen LogP contribution in [0.3, 0.4) is 0 Å². The predicted octanol–water partition coefficient (Wildman–Crippen LogP) is 5.96. The molecule has 47 heavy (non-hydrogen) atoms. The lowest BCUT2D eigenvalue weighted by atomic mass is 9.83. The molecule has 2 aliphatic rings. The third-order valence-corrected chi connectivity index (χ3v) is 9.55. The molecule has 0 fully saturated rings. The molecule has 0 radical (unpaired) electrons. The van der Waals surface area contributed by atoms with Crippen LogP contribution in [0.4, 0.5) is 11.4 Å². The molecule has 2 heterocycles. The minimum absolute atomic E-state index is 0.0732. The molecule has 3 amide bonds. The van der Waals surface area contributed by atoms with Gasteiger partial charge in [-0.1, -0.05) is 89.6 Å². The number of carbonyl (C=O) groups is 3. The van der Waals surface area contributed by atoms with Gasteiger partial charge in [-0.2, -0.15) is 0 Å². The summed E-state index contributed by atoms with van der Waals surface area (Å²) in [5.74, 6) is -1.50. The Bertz CT molecular complexity index is 1840. The first kappa shape index (κ1) is 32.4. The Morgan fingerprint density at radius 1 is 1.00 bits per heavy atom. The molecule has 4 aromatic rings. The first-order valence-electron chi connectivity index (χ1n) is 15.6. The Kier molecular flexibility index (Phi) is 9.40. The lowest BCUT2D eigenvalue weighted by Crippen LogP contribution is -2.46. The van der Waals surface area contributed by atoms with Crippen molar-refractivity contribution in [1.29, 1.82) is 0 Å². The number of nitrogens with zero attached hydrogens (tertiary/aromatic N) is 2. The van der Waals surface area contributed by atoms with Crippen LogP contribution < -0.4 is 10.2 Å². The van der Waals surface area contributed by atoms with Gasteiger partial charge in [0, 0.05) is 40.2 Å².